The van der Waals surface area contributed by atoms with Crippen molar-refractivity contribution >= 4 is 21.6 Å². The first-order chi connectivity index (χ1) is 16.7. The van der Waals surface area contributed by atoms with Crippen LogP contribution in [-0.4, -0.2) is 28.0 Å². The monoisotopic (exact) mass is 494 g/mol. The van der Waals surface area contributed by atoms with Crippen LogP contribution in [0.25, 0.3) is 0 Å². The van der Waals surface area contributed by atoms with Gasteiger partial charge in [-0.3, -0.25) is 9.10 Å². The maximum atomic E-state index is 13.7. The number of carbonyl (C=O) groups excluding carboxylic acids is 1. The highest BCUT2D eigenvalue weighted by Gasteiger charge is 2.29. The number of anilines is 1. The van der Waals surface area contributed by atoms with E-state index >= 15 is 0 Å². The topological polar surface area (TPSA) is 75.7 Å². The molecule has 35 heavy (non-hydrogen) atoms. The van der Waals surface area contributed by atoms with E-state index in [-0.39, 0.29) is 23.4 Å². The van der Waals surface area contributed by atoms with Crippen LogP contribution < -0.4 is 14.4 Å². The Balaban J connectivity index is 1.94. The van der Waals surface area contributed by atoms with Gasteiger partial charge in [0, 0.05) is 0 Å². The molecule has 6 nitrogen and oxygen atoms in total. The van der Waals surface area contributed by atoms with Crippen LogP contribution >= 0.6 is 0 Å². The number of hydrogen-bond acceptors (Lipinski definition) is 4. The first-order valence-electron chi connectivity index (χ1n) is 11.8. The van der Waals surface area contributed by atoms with Crippen molar-refractivity contribution < 1.29 is 17.9 Å². The molecule has 0 fully saturated rings. The van der Waals surface area contributed by atoms with Crippen LogP contribution in [0.4, 0.5) is 5.69 Å². The van der Waals surface area contributed by atoms with E-state index in [1.807, 2.05) is 58.0 Å². The van der Waals surface area contributed by atoms with Crippen LogP contribution in [0.1, 0.15) is 48.6 Å². The summed E-state index contributed by atoms with van der Waals surface area (Å²) >= 11 is 0. The van der Waals surface area contributed by atoms with Crippen molar-refractivity contribution in [3.63, 3.8) is 0 Å². The Bertz CT molecular complexity index is 1270. The number of benzene rings is 3. The minimum absolute atomic E-state index is 0.152. The van der Waals surface area contributed by atoms with Gasteiger partial charge < -0.3 is 10.1 Å². The number of nitrogens with zero attached hydrogens (tertiary/aromatic N) is 1. The van der Waals surface area contributed by atoms with Crippen LogP contribution in [0, 0.1) is 13.8 Å². The summed E-state index contributed by atoms with van der Waals surface area (Å²) in [6.45, 7) is 7.49. The fraction of sp³-hybridized carbons (Fsp3) is 0.321. The van der Waals surface area contributed by atoms with Crippen LogP contribution in [0.5, 0.6) is 5.75 Å². The Labute approximate surface area is 209 Å². The molecule has 0 unspecified atom stereocenters. The summed E-state index contributed by atoms with van der Waals surface area (Å²) in [7, 11) is -2.34. The van der Waals surface area contributed by atoms with E-state index in [9.17, 15) is 13.2 Å². The number of methoxy groups -OCH3 is 1. The second-order valence-electron chi connectivity index (χ2n) is 8.56. The lowest BCUT2D eigenvalue weighted by atomic mass is 10.0. The van der Waals surface area contributed by atoms with Crippen LogP contribution in [0.3, 0.4) is 0 Å². The van der Waals surface area contributed by atoms with Crippen molar-refractivity contribution in [1.29, 1.82) is 0 Å². The zero-order valence-electron chi connectivity index (χ0n) is 21.0. The van der Waals surface area contributed by atoms with Crippen LogP contribution in [0.15, 0.2) is 71.6 Å². The van der Waals surface area contributed by atoms with Crippen molar-refractivity contribution in [3.8, 4) is 5.75 Å². The molecule has 0 aliphatic carbocycles. The average Bonchev–Trinajstić information content (AvgIpc) is 2.86. The number of hydrogen-bond donors (Lipinski definition) is 1. The normalized spacial score (nSPS) is 12.1. The van der Waals surface area contributed by atoms with Gasteiger partial charge in [-0.15, -0.1) is 0 Å². The third kappa shape index (κ3) is 6.03. The molecular weight excluding hydrogens is 460 g/mol. The fourth-order valence-electron chi connectivity index (χ4n) is 4.10. The molecule has 7 heteroatoms. The lowest BCUT2D eigenvalue weighted by Gasteiger charge is -2.27. The highest BCUT2D eigenvalue weighted by atomic mass is 32.2. The molecule has 1 N–H and O–H groups in total. The quantitative estimate of drug-likeness (QED) is 0.413. The zero-order chi connectivity index (χ0) is 25.6. The molecule has 0 aliphatic heterocycles. The Hall–Kier alpha value is -3.32. The number of carbonyl (C=O) groups is 1. The van der Waals surface area contributed by atoms with Gasteiger partial charge in [-0.2, -0.15) is 0 Å². The van der Waals surface area contributed by atoms with Crippen molar-refractivity contribution in [2.45, 2.75) is 51.5 Å². The van der Waals surface area contributed by atoms with Gasteiger partial charge >= 0.3 is 0 Å². The summed E-state index contributed by atoms with van der Waals surface area (Å²) in [4.78, 5) is 13.4. The van der Waals surface area contributed by atoms with Crippen molar-refractivity contribution in [1.82, 2.24) is 5.32 Å². The van der Waals surface area contributed by atoms with Gasteiger partial charge in [0.25, 0.3) is 10.0 Å². The van der Waals surface area contributed by atoms with E-state index in [0.29, 0.717) is 18.5 Å². The molecule has 0 saturated heterocycles. The lowest BCUT2D eigenvalue weighted by Crippen LogP contribution is -2.42. The predicted molar refractivity (Wildman–Crippen MR) is 140 cm³/mol. The van der Waals surface area contributed by atoms with E-state index in [1.54, 1.807) is 43.5 Å². The minimum Gasteiger partial charge on any atom is -0.496 e. The molecule has 3 aromatic carbocycles. The SMILES string of the molecule is CCc1ccccc1N(CC(=O)N[C@H](CC)c1ccc(OC)c(C)c1)S(=O)(=O)c1ccc(C)cc1. The summed E-state index contributed by atoms with van der Waals surface area (Å²) in [5.74, 6) is 0.411. The second-order valence-corrected chi connectivity index (χ2v) is 10.4. The number of rotatable bonds is 10. The number of amides is 1. The van der Waals surface area contributed by atoms with Gasteiger partial charge in [0.1, 0.15) is 12.3 Å². The van der Waals surface area contributed by atoms with Crippen molar-refractivity contribution in [2.24, 2.45) is 0 Å². The molecule has 1 amide bonds. The Morgan fingerprint density at radius 3 is 2.29 bits per heavy atom. The molecule has 0 saturated carbocycles. The summed E-state index contributed by atoms with van der Waals surface area (Å²) in [5, 5.41) is 3.03. The van der Waals surface area contributed by atoms with Gasteiger partial charge in [-0.25, -0.2) is 8.42 Å². The smallest absolute Gasteiger partial charge is 0.264 e. The van der Waals surface area contributed by atoms with Gasteiger partial charge in [-0.05, 0) is 67.6 Å². The van der Waals surface area contributed by atoms with E-state index in [0.717, 1.165) is 28.0 Å². The van der Waals surface area contributed by atoms with Gasteiger partial charge in [-0.1, -0.05) is 61.9 Å². The summed E-state index contributed by atoms with van der Waals surface area (Å²) in [5.41, 5.74) is 4.25. The van der Waals surface area contributed by atoms with Crippen LogP contribution in [-0.2, 0) is 21.2 Å². The molecule has 0 bridgehead atoms. The van der Waals surface area contributed by atoms with Gasteiger partial charge in [0.05, 0.1) is 23.7 Å². The van der Waals surface area contributed by atoms with Crippen molar-refractivity contribution in [3.05, 3.63) is 89.0 Å². The highest BCUT2D eigenvalue weighted by molar-refractivity contribution is 7.92. The van der Waals surface area contributed by atoms with Crippen molar-refractivity contribution in [2.75, 3.05) is 18.0 Å². The molecule has 186 valence electrons. The number of para-hydroxylation sites is 1. The Morgan fingerprint density at radius 1 is 1.00 bits per heavy atom. The third-order valence-corrected chi connectivity index (χ3v) is 7.88. The minimum atomic E-state index is -3.97. The standard InChI is InChI=1S/C28H34N2O4S/c1-6-22-10-8-9-11-26(22)30(35(32,33)24-15-12-20(3)13-16-24)19-28(31)29-25(7-2)23-14-17-27(34-5)21(4)18-23/h8-18,25H,6-7,19H2,1-5H3,(H,29,31)/t25-/m1/s1. The predicted octanol–water partition coefficient (Wildman–Crippen LogP) is 5.34. The number of nitrogens with one attached hydrogen (secondary N) is 1. The first-order valence-corrected chi connectivity index (χ1v) is 13.3. The summed E-state index contributed by atoms with van der Waals surface area (Å²) in [6.07, 6.45) is 1.30. The second kappa shape index (κ2) is 11.4. The molecule has 0 spiro atoms. The molecule has 0 radical (unpaired) electrons. The molecule has 3 aromatic rings. The summed E-state index contributed by atoms with van der Waals surface area (Å²) in [6, 6.07) is 19.5. The highest BCUT2D eigenvalue weighted by Crippen LogP contribution is 2.28. The van der Waals surface area contributed by atoms with Crippen LogP contribution in [0.2, 0.25) is 0 Å². The van der Waals surface area contributed by atoms with E-state index < -0.39 is 10.0 Å². The third-order valence-electron chi connectivity index (χ3n) is 6.10. The largest absolute Gasteiger partial charge is 0.496 e. The fourth-order valence-corrected chi connectivity index (χ4v) is 5.56. The summed E-state index contributed by atoms with van der Waals surface area (Å²) < 4.78 is 34.0. The maximum absolute atomic E-state index is 13.7. The maximum Gasteiger partial charge on any atom is 0.264 e. The molecule has 0 aromatic heterocycles. The van der Waals surface area contributed by atoms with Gasteiger partial charge in [0.15, 0.2) is 0 Å². The zero-order valence-corrected chi connectivity index (χ0v) is 21.9. The lowest BCUT2D eigenvalue weighted by molar-refractivity contribution is -0.120. The number of sulfonamides is 1. The molecule has 3 rings (SSSR count). The molecule has 0 aliphatic rings. The number of aryl methyl sites for hydroxylation is 3. The van der Waals surface area contributed by atoms with E-state index in [2.05, 4.69) is 5.32 Å². The average molecular weight is 495 g/mol. The van der Waals surface area contributed by atoms with E-state index in [4.69, 9.17) is 4.74 Å². The Kier molecular flexibility index (Phi) is 8.57. The molecular formula is C28H34N2O4S. The molecule has 1 atom stereocenters. The number of ether oxygens (including phenoxy) is 1. The van der Waals surface area contributed by atoms with E-state index in [1.165, 1.54) is 4.31 Å². The van der Waals surface area contributed by atoms with Gasteiger partial charge in [0.2, 0.25) is 5.91 Å². The first kappa shape index (κ1) is 26.3. The Morgan fingerprint density at radius 2 is 1.69 bits per heavy atom. The molecule has 0 heterocycles.